The van der Waals surface area contributed by atoms with Gasteiger partial charge < -0.3 is 19.5 Å². The molecule has 1 aliphatic carbocycles. The van der Waals surface area contributed by atoms with Gasteiger partial charge >= 0.3 is 18.0 Å². The maximum absolute atomic E-state index is 13.3. The van der Waals surface area contributed by atoms with Crippen LogP contribution in [0.3, 0.4) is 0 Å². The minimum absolute atomic E-state index is 0.00567. The molecule has 1 fully saturated rings. The van der Waals surface area contributed by atoms with Crippen LogP contribution in [0.5, 0.6) is 5.88 Å². The van der Waals surface area contributed by atoms with Gasteiger partial charge in [-0.25, -0.2) is 19.1 Å². The predicted octanol–water partition coefficient (Wildman–Crippen LogP) is 6.72. The normalized spacial score (nSPS) is 19.7. The van der Waals surface area contributed by atoms with Crippen molar-refractivity contribution in [2.75, 3.05) is 13.2 Å². The Hall–Kier alpha value is -4.33. The van der Waals surface area contributed by atoms with E-state index in [1.807, 2.05) is 26.0 Å². The number of amides is 1. The van der Waals surface area contributed by atoms with Crippen LogP contribution in [-0.2, 0) is 25.5 Å². The van der Waals surface area contributed by atoms with Crippen molar-refractivity contribution in [3.05, 3.63) is 46.3 Å². The molecule has 11 heteroatoms. The number of aromatic nitrogens is 3. The molecule has 2 aromatic heterocycles. The summed E-state index contributed by atoms with van der Waals surface area (Å²) < 4.78 is 17.4. The maximum Gasteiger partial charge on any atom is 0.413 e. The van der Waals surface area contributed by atoms with Gasteiger partial charge in [0.05, 0.1) is 38.7 Å². The van der Waals surface area contributed by atoms with Crippen LogP contribution < -0.4 is 10.1 Å². The van der Waals surface area contributed by atoms with Crippen LogP contribution >= 0.6 is 0 Å². The minimum atomic E-state index is -0.930. The number of benzene rings is 1. The lowest BCUT2D eigenvalue weighted by Gasteiger charge is -2.38. The molecular weight excluding hydrogens is 574 g/mol. The van der Waals surface area contributed by atoms with Crippen molar-refractivity contribution in [1.29, 1.82) is 0 Å². The summed E-state index contributed by atoms with van der Waals surface area (Å²) in [7, 11) is 0. The van der Waals surface area contributed by atoms with Crippen molar-refractivity contribution in [1.82, 2.24) is 19.9 Å². The number of hydrogen-bond acceptors (Lipinski definition) is 7. The SMILES string of the molecule is [C-]#[N+]c1c(CC2C(C)CC(C)CC2C)c2nc(-c3cc(C)cc(C)c3)[nH]n2c1OC(=O)NC(CC(=O)OCC)CC(=O)OCC. The molecule has 2 heterocycles. The average molecular weight is 620 g/mol. The van der Waals surface area contributed by atoms with Crippen LogP contribution in [0.4, 0.5) is 10.5 Å². The van der Waals surface area contributed by atoms with Crippen molar-refractivity contribution in [3.63, 3.8) is 0 Å². The van der Waals surface area contributed by atoms with Gasteiger partial charge in [0, 0.05) is 11.1 Å². The molecule has 2 atom stereocenters. The molecule has 1 aromatic carbocycles. The Morgan fingerprint density at radius 3 is 2.13 bits per heavy atom. The first-order valence-electron chi connectivity index (χ1n) is 15.8. The highest BCUT2D eigenvalue weighted by atomic mass is 16.6. The largest absolute Gasteiger partial charge is 0.466 e. The Bertz CT molecular complexity index is 1530. The van der Waals surface area contributed by atoms with Gasteiger partial charge in [-0.1, -0.05) is 38.0 Å². The molecule has 3 aromatic rings. The third-order valence-corrected chi connectivity index (χ3v) is 8.61. The zero-order chi connectivity index (χ0) is 32.8. The summed E-state index contributed by atoms with van der Waals surface area (Å²) in [5, 5.41) is 5.87. The number of aromatic amines is 1. The molecule has 1 amide bonds. The second-order valence-electron chi connectivity index (χ2n) is 12.5. The Labute approximate surface area is 264 Å². The van der Waals surface area contributed by atoms with E-state index in [-0.39, 0.29) is 37.6 Å². The molecule has 0 bridgehead atoms. The number of rotatable bonds is 11. The van der Waals surface area contributed by atoms with Gasteiger partial charge in [-0.2, -0.15) is 0 Å². The summed E-state index contributed by atoms with van der Waals surface area (Å²) in [6, 6.07) is 5.20. The highest BCUT2D eigenvalue weighted by Gasteiger charge is 2.35. The molecule has 2 unspecified atom stereocenters. The number of ether oxygens (including phenoxy) is 3. The summed E-state index contributed by atoms with van der Waals surface area (Å²) in [5.74, 6) is 1.32. The number of carbonyl (C=O) groups is 3. The number of nitrogens with zero attached hydrogens (tertiary/aromatic N) is 3. The number of carbonyl (C=O) groups excluding carboxylic acids is 3. The van der Waals surface area contributed by atoms with E-state index in [9.17, 15) is 14.4 Å². The number of aryl methyl sites for hydroxylation is 2. The van der Waals surface area contributed by atoms with Crippen molar-refractivity contribution >= 4 is 29.4 Å². The van der Waals surface area contributed by atoms with E-state index in [4.69, 9.17) is 25.8 Å². The van der Waals surface area contributed by atoms with E-state index >= 15 is 0 Å². The van der Waals surface area contributed by atoms with Crippen molar-refractivity contribution in [2.24, 2.45) is 23.7 Å². The van der Waals surface area contributed by atoms with E-state index in [1.54, 1.807) is 18.4 Å². The fraction of sp³-hybridized carbons (Fsp3) is 0.559. The molecule has 0 aliphatic heterocycles. The quantitative estimate of drug-likeness (QED) is 0.180. The fourth-order valence-corrected chi connectivity index (χ4v) is 6.88. The zero-order valence-corrected chi connectivity index (χ0v) is 27.4. The molecule has 11 nitrogen and oxygen atoms in total. The van der Waals surface area contributed by atoms with Gasteiger partial charge in [0.25, 0.3) is 5.69 Å². The van der Waals surface area contributed by atoms with Crippen LogP contribution in [0.15, 0.2) is 18.2 Å². The molecule has 1 aliphatic rings. The monoisotopic (exact) mass is 619 g/mol. The van der Waals surface area contributed by atoms with Gasteiger partial charge in [0.1, 0.15) is 5.65 Å². The zero-order valence-electron chi connectivity index (χ0n) is 27.4. The Kier molecular flexibility index (Phi) is 10.9. The van der Waals surface area contributed by atoms with Crippen LogP contribution in [0, 0.1) is 44.1 Å². The molecule has 0 spiro atoms. The maximum atomic E-state index is 13.3. The van der Waals surface area contributed by atoms with Crippen LogP contribution in [0.1, 0.15) is 77.0 Å². The molecular formula is C34H45N5O6. The van der Waals surface area contributed by atoms with E-state index in [1.165, 1.54) is 0 Å². The van der Waals surface area contributed by atoms with E-state index in [2.05, 4.69) is 42.1 Å². The fourth-order valence-electron chi connectivity index (χ4n) is 6.88. The lowest BCUT2D eigenvalue weighted by molar-refractivity contribution is -0.145. The first-order chi connectivity index (χ1) is 21.4. The number of hydrogen-bond donors (Lipinski definition) is 2. The number of nitrogens with one attached hydrogen (secondary N) is 2. The summed E-state index contributed by atoms with van der Waals surface area (Å²) in [6.07, 6.45) is 1.43. The van der Waals surface area contributed by atoms with Crippen LogP contribution in [0.25, 0.3) is 21.9 Å². The Morgan fingerprint density at radius 1 is 1.02 bits per heavy atom. The van der Waals surface area contributed by atoms with Gasteiger partial charge in [-0.15, -0.1) is 0 Å². The van der Waals surface area contributed by atoms with Crippen LogP contribution in [0.2, 0.25) is 0 Å². The molecule has 0 radical (unpaired) electrons. The summed E-state index contributed by atoms with van der Waals surface area (Å²) in [5.41, 5.74) is 4.51. The van der Waals surface area contributed by atoms with Gasteiger partial charge in [0.15, 0.2) is 5.82 Å². The van der Waals surface area contributed by atoms with E-state index in [0.29, 0.717) is 41.6 Å². The molecule has 4 rings (SSSR count). The highest BCUT2D eigenvalue weighted by Crippen LogP contribution is 2.45. The van der Waals surface area contributed by atoms with E-state index < -0.39 is 24.1 Å². The molecule has 45 heavy (non-hydrogen) atoms. The first kappa shape index (κ1) is 33.6. The second kappa shape index (κ2) is 14.6. The topological polar surface area (TPSA) is 128 Å². The summed E-state index contributed by atoms with van der Waals surface area (Å²) >= 11 is 0. The van der Waals surface area contributed by atoms with Gasteiger partial charge in [0.2, 0.25) is 5.88 Å². The Balaban J connectivity index is 1.73. The summed E-state index contributed by atoms with van der Waals surface area (Å²) in [4.78, 5) is 46.6. The summed E-state index contributed by atoms with van der Waals surface area (Å²) in [6.45, 7) is 22.7. The molecule has 0 saturated heterocycles. The average Bonchev–Trinajstić information content (AvgIpc) is 3.48. The number of H-pyrrole nitrogens is 1. The standard InChI is InChI=1S/C34H45N5O6/c1-9-43-28(40)16-25(17-29(41)44-10-2)36-34(42)45-33-30(35-8)27(18-26-22(6)12-21(5)13-23(26)7)32-37-31(38-39(32)33)24-14-19(3)11-20(4)15-24/h11,14-15,21-23,25-26H,9-10,12-13,16-18H2,1-7H3,(H,36,42)(H,37,38). The van der Waals surface area contributed by atoms with Gasteiger partial charge in [-0.3, -0.25) is 14.7 Å². The first-order valence-corrected chi connectivity index (χ1v) is 15.8. The second-order valence-corrected chi connectivity index (χ2v) is 12.5. The molecule has 1 saturated carbocycles. The minimum Gasteiger partial charge on any atom is -0.466 e. The number of esters is 2. The third kappa shape index (κ3) is 8.04. The van der Waals surface area contributed by atoms with E-state index in [0.717, 1.165) is 35.1 Å². The van der Waals surface area contributed by atoms with Crippen molar-refractivity contribution < 1.29 is 28.6 Å². The van der Waals surface area contributed by atoms with Crippen LogP contribution in [-0.4, -0.2) is 51.9 Å². The lowest BCUT2D eigenvalue weighted by Crippen LogP contribution is -2.40. The van der Waals surface area contributed by atoms with Crippen molar-refractivity contribution in [3.8, 4) is 17.3 Å². The Morgan fingerprint density at radius 2 is 1.60 bits per heavy atom. The van der Waals surface area contributed by atoms with Crippen molar-refractivity contribution in [2.45, 2.75) is 86.6 Å². The lowest BCUT2D eigenvalue weighted by atomic mass is 9.67. The third-order valence-electron chi connectivity index (χ3n) is 8.61. The smallest absolute Gasteiger partial charge is 0.413 e. The predicted molar refractivity (Wildman–Crippen MR) is 170 cm³/mol. The molecule has 242 valence electrons. The molecule has 2 N–H and O–H groups in total. The highest BCUT2D eigenvalue weighted by molar-refractivity contribution is 5.81. The van der Waals surface area contributed by atoms with Gasteiger partial charge in [-0.05, 0) is 82.8 Å². The number of fused-ring (bicyclic) bond motifs is 1.